The Kier molecular flexibility index (Phi) is 7.09. The zero-order chi connectivity index (χ0) is 28.1. The minimum absolute atomic E-state index is 0.0535. The Hall–Kier alpha value is -3.00. The van der Waals surface area contributed by atoms with E-state index in [4.69, 9.17) is 16.6 Å². The molecule has 2 atom stereocenters. The third-order valence-corrected chi connectivity index (χ3v) is 11.2. The lowest BCUT2D eigenvalue weighted by Crippen LogP contribution is -2.54. The Balaban J connectivity index is 1.34. The molecule has 3 aromatic rings. The number of halogens is 1. The summed E-state index contributed by atoms with van der Waals surface area (Å²) in [5.74, 6) is -0.373. The zero-order valence-corrected chi connectivity index (χ0v) is 24.5. The minimum atomic E-state index is -3.04. The number of carbonyl (C=O) groups is 1. The summed E-state index contributed by atoms with van der Waals surface area (Å²) in [5.41, 5.74) is 3.00. The number of anilines is 1. The molecule has 1 amide bonds. The maximum absolute atomic E-state index is 13.5. The molecule has 1 aromatic carbocycles. The van der Waals surface area contributed by atoms with Crippen molar-refractivity contribution in [2.45, 2.75) is 55.2 Å². The Bertz CT molecular complexity index is 1590. The number of aromatic nitrogens is 2. The fourth-order valence-corrected chi connectivity index (χ4v) is 7.87. The van der Waals surface area contributed by atoms with Crippen molar-refractivity contribution in [2.24, 2.45) is 5.92 Å². The molecule has 11 heteroatoms. The first-order chi connectivity index (χ1) is 19.2. The van der Waals surface area contributed by atoms with Crippen LogP contribution in [-0.4, -0.2) is 54.4 Å². The molecule has 2 unspecified atom stereocenters. The molecule has 3 fully saturated rings. The number of sulfone groups is 1. The average Bonchev–Trinajstić information content (AvgIpc) is 3.54. The molecule has 6 rings (SSSR count). The van der Waals surface area contributed by atoms with Crippen molar-refractivity contribution >= 4 is 44.4 Å². The number of amides is 1. The van der Waals surface area contributed by atoms with Gasteiger partial charge in [-0.1, -0.05) is 36.6 Å². The zero-order valence-electron chi connectivity index (χ0n) is 22.1. The molecule has 0 bridgehead atoms. The van der Waals surface area contributed by atoms with Crippen LogP contribution in [-0.2, 0) is 14.6 Å². The average molecular weight is 596 g/mol. The highest BCUT2D eigenvalue weighted by molar-refractivity contribution is 7.91. The number of hydrogen-bond acceptors (Lipinski definition) is 8. The molecule has 1 N–H and O–H groups in total. The van der Waals surface area contributed by atoms with E-state index in [0.717, 1.165) is 58.1 Å². The monoisotopic (exact) mass is 595 g/mol. The van der Waals surface area contributed by atoms with Crippen LogP contribution in [0.2, 0.25) is 5.02 Å². The van der Waals surface area contributed by atoms with Crippen LogP contribution in [0.1, 0.15) is 50.1 Å². The van der Waals surface area contributed by atoms with Gasteiger partial charge in [0.2, 0.25) is 5.91 Å². The van der Waals surface area contributed by atoms with Crippen LogP contribution >= 0.6 is 22.9 Å². The first kappa shape index (κ1) is 27.2. The van der Waals surface area contributed by atoms with E-state index in [1.165, 1.54) is 6.26 Å². The molecule has 208 valence electrons. The number of pyridine rings is 1. The molecule has 1 aliphatic heterocycles. The van der Waals surface area contributed by atoms with Gasteiger partial charge in [-0.15, -0.1) is 11.3 Å². The van der Waals surface area contributed by atoms with Gasteiger partial charge >= 0.3 is 0 Å². The van der Waals surface area contributed by atoms with Gasteiger partial charge in [-0.25, -0.2) is 13.4 Å². The highest BCUT2D eigenvalue weighted by atomic mass is 35.5. The van der Waals surface area contributed by atoms with Crippen LogP contribution in [0.4, 0.5) is 5.69 Å². The predicted molar refractivity (Wildman–Crippen MR) is 157 cm³/mol. The van der Waals surface area contributed by atoms with Gasteiger partial charge in [0, 0.05) is 54.8 Å². The first-order valence-corrected chi connectivity index (χ1v) is 16.7. The molecular formula is C29H30ClN5O3S2. The van der Waals surface area contributed by atoms with Crippen molar-refractivity contribution in [3.63, 3.8) is 0 Å². The highest BCUT2D eigenvalue weighted by Crippen LogP contribution is 2.47. The van der Waals surface area contributed by atoms with E-state index >= 15 is 0 Å². The lowest BCUT2D eigenvalue weighted by molar-refractivity contribution is -0.127. The van der Waals surface area contributed by atoms with Crippen molar-refractivity contribution < 1.29 is 13.2 Å². The van der Waals surface area contributed by atoms with Gasteiger partial charge in [-0.2, -0.15) is 5.26 Å². The van der Waals surface area contributed by atoms with E-state index < -0.39 is 15.4 Å². The Morgan fingerprint density at radius 2 is 1.88 bits per heavy atom. The minimum Gasteiger partial charge on any atom is -0.369 e. The molecule has 8 nitrogen and oxygen atoms in total. The quantitative estimate of drug-likeness (QED) is 0.399. The SMILES string of the molecule is CS(=O)(=O)C1CN(c2ccc(-c3sc(-c4cncc(Cl)c4)nc3C3CCCCC3C(=O)NC3(C#N)CC3)cc2)C1. The standard InChI is InChI=1S/C29H30ClN5O3S2/c1-40(37,38)22-15-35(16-22)21-8-6-18(7-9-21)26-25(33-28(39-26)19-12-20(30)14-32-13-19)23-4-2-3-5-24(23)27(36)34-29(17-31)10-11-29/h6-9,12-14,22-24H,2-5,10-11,15-16H2,1H3,(H,34,36). The maximum Gasteiger partial charge on any atom is 0.225 e. The van der Waals surface area contributed by atoms with Gasteiger partial charge in [0.1, 0.15) is 10.5 Å². The molecule has 3 aliphatic rings. The van der Waals surface area contributed by atoms with Crippen LogP contribution in [0.25, 0.3) is 21.0 Å². The lowest BCUT2D eigenvalue weighted by Gasteiger charge is -2.39. The number of benzene rings is 1. The molecule has 3 heterocycles. The van der Waals surface area contributed by atoms with Gasteiger partial charge in [-0.05, 0) is 49.4 Å². The van der Waals surface area contributed by atoms with E-state index in [1.807, 2.05) is 30.3 Å². The van der Waals surface area contributed by atoms with E-state index in [0.29, 0.717) is 31.0 Å². The number of carbonyl (C=O) groups excluding carboxylic acids is 1. The highest BCUT2D eigenvalue weighted by Gasteiger charge is 2.47. The summed E-state index contributed by atoms with van der Waals surface area (Å²) in [7, 11) is -3.04. The number of nitriles is 1. The number of nitrogens with zero attached hydrogens (tertiary/aromatic N) is 4. The first-order valence-electron chi connectivity index (χ1n) is 13.5. The molecule has 0 spiro atoms. The second kappa shape index (κ2) is 10.4. The normalized spacial score (nSPS) is 22.3. The smallest absolute Gasteiger partial charge is 0.225 e. The van der Waals surface area contributed by atoms with E-state index in [9.17, 15) is 18.5 Å². The summed E-state index contributed by atoms with van der Waals surface area (Å²) in [6.45, 7) is 0.998. The fraction of sp³-hybridized carbons (Fsp3) is 0.448. The molecule has 1 saturated heterocycles. The van der Waals surface area contributed by atoms with Crippen LogP contribution in [0.5, 0.6) is 0 Å². The molecule has 2 saturated carbocycles. The largest absolute Gasteiger partial charge is 0.369 e. The molecule has 2 aromatic heterocycles. The van der Waals surface area contributed by atoms with E-state index in [1.54, 1.807) is 23.7 Å². The Morgan fingerprint density at radius 3 is 2.52 bits per heavy atom. The number of thiazole rings is 1. The van der Waals surface area contributed by atoms with Gasteiger partial charge in [0.25, 0.3) is 0 Å². The number of nitrogens with one attached hydrogen (secondary N) is 1. The van der Waals surface area contributed by atoms with Crippen LogP contribution in [0.15, 0.2) is 42.7 Å². The second-order valence-electron chi connectivity index (χ2n) is 11.2. The van der Waals surface area contributed by atoms with Crippen LogP contribution in [0, 0.1) is 17.2 Å². The van der Waals surface area contributed by atoms with Gasteiger partial charge < -0.3 is 10.2 Å². The van der Waals surface area contributed by atoms with Crippen molar-refractivity contribution in [1.29, 1.82) is 5.26 Å². The van der Waals surface area contributed by atoms with E-state index in [2.05, 4.69) is 21.3 Å². The third-order valence-electron chi connectivity index (χ3n) is 8.33. The Morgan fingerprint density at radius 1 is 1.15 bits per heavy atom. The van der Waals surface area contributed by atoms with Gasteiger partial charge in [-0.3, -0.25) is 9.78 Å². The lowest BCUT2D eigenvalue weighted by atomic mass is 9.76. The van der Waals surface area contributed by atoms with E-state index in [-0.39, 0.29) is 23.0 Å². The molecule has 40 heavy (non-hydrogen) atoms. The summed E-state index contributed by atoms with van der Waals surface area (Å²) in [4.78, 5) is 25.9. The van der Waals surface area contributed by atoms with Gasteiger partial charge in [0.05, 0.1) is 26.9 Å². The molecular weight excluding hydrogens is 566 g/mol. The van der Waals surface area contributed by atoms with Crippen LogP contribution in [0.3, 0.4) is 0 Å². The third kappa shape index (κ3) is 5.35. The second-order valence-corrected chi connectivity index (χ2v) is 15.0. The maximum atomic E-state index is 13.5. The summed E-state index contributed by atoms with van der Waals surface area (Å²) in [6, 6.07) is 12.3. The van der Waals surface area contributed by atoms with Crippen molar-refractivity contribution in [2.75, 3.05) is 24.2 Å². The topological polar surface area (TPSA) is 116 Å². The van der Waals surface area contributed by atoms with Crippen molar-refractivity contribution in [3.05, 3.63) is 53.4 Å². The number of hydrogen-bond donors (Lipinski definition) is 1. The van der Waals surface area contributed by atoms with Crippen molar-refractivity contribution in [3.8, 4) is 27.1 Å². The molecule has 2 aliphatic carbocycles. The summed E-state index contributed by atoms with van der Waals surface area (Å²) in [5, 5.41) is 13.6. The van der Waals surface area contributed by atoms with Gasteiger partial charge in [0.15, 0.2) is 9.84 Å². The van der Waals surface area contributed by atoms with Crippen molar-refractivity contribution in [1.82, 2.24) is 15.3 Å². The fourth-order valence-electron chi connectivity index (χ4n) is 5.68. The number of rotatable bonds is 7. The van der Waals surface area contributed by atoms with Crippen LogP contribution < -0.4 is 10.2 Å². The summed E-state index contributed by atoms with van der Waals surface area (Å²) >= 11 is 7.81. The summed E-state index contributed by atoms with van der Waals surface area (Å²) in [6.07, 6.45) is 9.63. The summed E-state index contributed by atoms with van der Waals surface area (Å²) < 4.78 is 23.7. The Labute approximate surface area is 243 Å². The molecule has 0 radical (unpaired) electrons. The predicted octanol–water partition coefficient (Wildman–Crippen LogP) is 5.20.